The number of benzene rings is 2. The van der Waals surface area contributed by atoms with E-state index in [-0.39, 0.29) is 5.91 Å². The molecule has 0 N–H and O–H groups in total. The number of hydrogen-bond donors (Lipinski definition) is 0. The van der Waals surface area contributed by atoms with Gasteiger partial charge in [-0.3, -0.25) is 4.79 Å². The lowest BCUT2D eigenvalue weighted by molar-refractivity contribution is -0.157. The fraction of sp³-hybridized carbons (Fsp3) is 0.391. The van der Waals surface area contributed by atoms with Crippen LogP contribution in [-0.2, 0) is 20.5 Å². The molecule has 9 heteroatoms. The smallest absolute Gasteiger partial charge is 0.416 e. The van der Waals surface area contributed by atoms with E-state index in [1.54, 1.807) is 30.0 Å². The normalized spacial score (nSPS) is 15.3. The number of carbonyl (C=O) groups is 2. The van der Waals surface area contributed by atoms with Gasteiger partial charge < -0.3 is 19.3 Å². The molecular weight excluding hydrogens is 425 g/mol. The van der Waals surface area contributed by atoms with Crippen LogP contribution in [0.3, 0.4) is 0 Å². The monoisotopic (exact) mass is 450 g/mol. The molecule has 0 bridgehead atoms. The standard InChI is InChI=1S/C23H25F3N2O4/c1-16-6-8-20(9-7-16)32-17(2)22(30)31-15-21(29)28-12-10-27(11-13-28)19-5-3-4-18(14-19)23(24,25)26/h3-9,14,17H,10-13,15H2,1-2H3. The molecule has 1 fully saturated rings. The Hall–Kier alpha value is -3.23. The van der Waals surface area contributed by atoms with Gasteiger partial charge in [-0.15, -0.1) is 0 Å². The summed E-state index contributed by atoms with van der Waals surface area (Å²) in [6, 6.07) is 12.3. The molecule has 172 valence electrons. The molecule has 1 atom stereocenters. The zero-order valence-corrected chi connectivity index (χ0v) is 17.9. The highest BCUT2D eigenvalue weighted by atomic mass is 19.4. The molecule has 0 aliphatic carbocycles. The van der Waals surface area contributed by atoms with Crippen molar-refractivity contribution in [3.63, 3.8) is 0 Å². The molecule has 1 aliphatic heterocycles. The molecule has 1 saturated heterocycles. The zero-order chi connectivity index (χ0) is 23.3. The number of carbonyl (C=O) groups excluding carboxylic acids is 2. The van der Waals surface area contributed by atoms with Crippen molar-refractivity contribution in [3.05, 3.63) is 59.7 Å². The number of rotatable bonds is 6. The highest BCUT2D eigenvalue weighted by Gasteiger charge is 2.31. The third kappa shape index (κ3) is 6.15. The van der Waals surface area contributed by atoms with Crippen molar-refractivity contribution in [2.24, 2.45) is 0 Å². The minimum absolute atomic E-state index is 0.321. The Balaban J connectivity index is 1.45. The maximum absolute atomic E-state index is 12.9. The van der Waals surface area contributed by atoms with E-state index < -0.39 is 30.4 Å². The second kappa shape index (κ2) is 9.93. The van der Waals surface area contributed by atoms with E-state index >= 15 is 0 Å². The minimum Gasteiger partial charge on any atom is -0.479 e. The van der Waals surface area contributed by atoms with Crippen LogP contribution in [0.25, 0.3) is 0 Å². The van der Waals surface area contributed by atoms with E-state index in [0.29, 0.717) is 37.6 Å². The van der Waals surface area contributed by atoms with Crippen molar-refractivity contribution < 1.29 is 32.2 Å². The number of esters is 1. The average molecular weight is 450 g/mol. The Labute approximate surface area is 184 Å². The summed E-state index contributed by atoms with van der Waals surface area (Å²) in [5.74, 6) is -0.483. The molecule has 0 spiro atoms. The molecule has 1 unspecified atom stereocenters. The maximum atomic E-state index is 12.9. The molecule has 1 heterocycles. The minimum atomic E-state index is -4.40. The molecular formula is C23H25F3N2O4. The van der Waals surface area contributed by atoms with Crippen molar-refractivity contribution >= 4 is 17.6 Å². The van der Waals surface area contributed by atoms with Gasteiger partial charge >= 0.3 is 12.1 Å². The van der Waals surface area contributed by atoms with Crippen LogP contribution in [0, 0.1) is 6.92 Å². The summed E-state index contributed by atoms with van der Waals surface area (Å²) in [6.45, 7) is 4.48. The quantitative estimate of drug-likeness (QED) is 0.629. The molecule has 2 aromatic carbocycles. The van der Waals surface area contributed by atoms with Crippen LogP contribution in [0.2, 0.25) is 0 Å². The first kappa shape index (κ1) is 23.4. The molecule has 0 aromatic heterocycles. The zero-order valence-electron chi connectivity index (χ0n) is 17.9. The van der Waals surface area contributed by atoms with Gasteiger partial charge in [-0.1, -0.05) is 23.8 Å². The number of ether oxygens (including phenoxy) is 2. The van der Waals surface area contributed by atoms with Gasteiger partial charge in [0.25, 0.3) is 5.91 Å². The lowest BCUT2D eigenvalue weighted by Crippen LogP contribution is -2.50. The lowest BCUT2D eigenvalue weighted by atomic mass is 10.1. The molecule has 0 radical (unpaired) electrons. The van der Waals surface area contributed by atoms with E-state index in [0.717, 1.165) is 17.7 Å². The third-order valence-electron chi connectivity index (χ3n) is 5.17. The van der Waals surface area contributed by atoms with Crippen LogP contribution in [0.15, 0.2) is 48.5 Å². The van der Waals surface area contributed by atoms with E-state index in [1.807, 2.05) is 19.1 Å². The van der Waals surface area contributed by atoms with Crippen LogP contribution < -0.4 is 9.64 Å². The fourth-order valence-corrected chi connectivity index (χ4v) is 3.30. The summed E-state index contributed by atoms with van der Waals surface area (Å²) in [5, 5.41) is 0. The molecule has 3 rings (SSSR count). The number of halogens is 3. The van der Waals surface area contributed by atoms with Gasteiger partial charge in [0, 0.05) is 31.9 Å². The predicted octanol–water partition coefficient (Wildman–Crippen LogP) is 3.67. The van der Waals surface area contributed by atoms with Gasteiger partial charge in [0.2, 0.25) is 0 Å². The Bertz CT molecular complexity index is 939. The molecule has 0 saturated carbocycles. The average Bonchev–Trinajstić information content (AvgIpc) is 2.78. The van der Waals surface area contributed by atoms with Crippen molar-refractivity contribution in [2.45, 2.75) is 26.1 Å². The molecule has 32 heavy (non-hydrogen) atoms. The van der Waals surface area contributed by atoms with Gasteiger partial charge in [-0.2, -0.15) is 13.2 Å². The summed E-state index contributed by atoms with van der Waals surface area (Å²) in [4.78, 5) is 27.8. The van der Waals surface area contributed by atoms with Crippen molar-refractivity contribution in [1.29, 1.82) is 0 Å². The Kier molecular flexibility index (Phi) is 7.27. The number of anilines is 1. The molecule has 1 amide bonds. The van der Waals surface area contributed by atoms with Gasteiger partial charge in [0.15, 0.2) is 12.7 Å². The summed E-state index contributed by atoms with van der Waals surface area (Å²) >= 11 is 0. The van der Waals surface area contributed by atoms with Gasteiger partial charge in [-0.25, -0.2) is 4.79 Å². The van der Waals surface area contributed by atoms with Crippen LogP contribution >= 0.6 is 0 Å². The lowest BCUT2D eigenvalue weighted by Gasteiger charge is -2.36. The van der Waals surface area contributed by atoms with Crippen molar-refractivity contribution in [2.75, 3.05) is 37.7 Å². The Morgan fingerprint density at radius 1 is 1.03 bits per heavy atom. The van der Waals surface area contributed by atoms with Crippen LogP contribution in [0.1, 0.15) is 18.1 Å². The molecule has 6 nitrogen and oxygen atoms in total. The van der Waals surface area contributed by atoms with Gasteiger partial charge in [-0.05, 0) is 44.2 Å². The summed E-state index contributed by atoms with van der Waals surface area (Å²) < 4.78 is 49.4. The largest absolute Gasteiger partial charge is 0.479 e. The Morgan fingerprint density at radius 3 is 2.31 bits per heavy atom. The summed E-state index contributed by atoms with van der Waals surface area (Å²) in [5.41, 5.74) is 0.814. The third-order valence-corrected chi connectivity index (χ3v) is 5.17. The number of amides is 1. The Morgan fingerprint density at radius 2 is 1.69 bits per heavy atom. The highest BCUT2D eigenvalue weighted by molar-refractivity contribution is 5.82. The number of aryl methyl sites for hydroxylation is 1. The van der Waals surface area contributed by atoms with E-state index in [9.17, 15) is 22.8 Å². The van der Waals surface area contributed by atoms with Crippen LogP contribution in [0.4, 0.5) is 18.9 Å². The van der Waals surface area contributed by atoms with Crippen LogP contribution in [-0.4, -0.2) is 55.7 Å². The first-order valence-corrected chi connectivity index (χ1v) is 10.2. The van der Waals surface area contributed by atoms with Gasteiger partial charge in [0.1, 0.15) is 5.75 Å². The second-order valence-electron chi connectivity index (χ2n) is 7.60. The fourth-order valence-electron chi connectivity index (χ4n) is 3.30. The molecule has 2 aromatic rings. The predicted molar refractivity (Wildman–Crippen MR) is 112 cm³/mol. The van der Waals surface area contributed by atoms with E-state index in [2.05, 4.69) is 0 Å². The van der Waals surface area contributed by atoms with Crippen molar-refractivity contribution in [1.82, 2.24) is 4.90 Å². The first-order valence-electron chi connectivity index (χ1n) is 10.2. The maximum Gasteiger partial charge on any atom is 0.416 e. The van der Waals surface area contributed by atoms with Gasteiger partial charge in [0.05, 0.1) is 5.56 Å². The second-order valence-corrected chi connectivity index (χ2v) is 7.60. The topological polar surface area (TPSA) is 59.1 Å². The van der Waals surface area contributed by atoms with Crippen LogP contribution in [0.5, 0.6) is 5.75 Å². The number of hydrogen-bond acceptors (Lipinski definition) is 5. The summed E-state index contributed by atoms with van der Waals surface area (Å²) in [6.07, 6.45) is -5.28. The molecule has 1 aliphatic rings. The summed E-state index contributed by atoms with van der Waals surface area (Å²) in [7, 11) is 0. The number of piperazine rings is 1. The SMILES string of the molecule is Cc1ccc(OC(C)C(=O)OCC(=O)N2CCN(c3cccc(C(F)(F)F)c3)CC2)cc1. The first-order chi connectivity index (χ1) is 15.1. The van der Waals surface area contributed by atoms with Crippen molar-refractivity contribution in [3.8, 4) is 5.75 Å². The van der Waals surface area contributed by atoms with E-state index in [4.69, 9.17) is 9.47 Å². The number of nitrogens with zero attached hydrogens (tertiary/aromatic N) is 2. The van der Waals surface area contributed by atoms with E-state index in [1.165, 1.54) is 11.0 Å². The highest BCUT2D eigenvalue weighted by Crippen LogP contribution is 2.31. The number of alkyl halides is 3.